The molecule has 190 valence electrons. The van der Waals surface area contributed by atoms with E-state index in [1.54, 1.807) is 19.1 Å². The molecule has 6 N–H and O–H groups in total. The van der Waals surface area contributed by atoms with Crippen molar-refractivity contribution >= 4 is 29.0 Å². The fourth-order valence-corrected chi connectivity index (χ4v) is 6.37. The minimum absolute atomic E-state index is 0.00455. The quantitative estimate of drug-likeness (QED) is 0.292. The summed E-state index contributed by atoms with van der Waals surface area (Å²) in [6, 6.07) is 3.27. The first-order valence-electron chi connectivity index (χ1n) is 11.4. The molecule has 3 aliphatic carbocycles. The molecular formula is C26H28N2O8. The van der Waals surface area contributed by atoms with Crippen LogP contribution < -0.4 is 5.73 Å². The number of allylic oxidation sites excluding steroid dienone is 1. The molecule has 36 heavy (non-hydrogen) atoms. The van der Waals surface area contributed by atoms with Crippen molar-refractivity contribution in [3.05, 3.63) is 58.9 Å². The normalized spacial score (nSPS) is 31.6. The van der Waals surface area contributed by atoms with Gasteiger partial charge < -0.3 is 26.2 Å². The number of nitrogens with two attached hydrogens (primary N) is 1. The number of primary amides is 1. The average Bonchev–Trinajstić information content (AvgIpc) is 2.80. The van der Waals surface area contributed by atoms with E-state index in [4.69, 9.17) is 5.73 Å². The number of aromatic hydroxyl groups is 1. The van der Waals surface area contributed by atoms with Gasteiger partial charge in [0.1, 0.15) is 22.8 Å². The van der Waals surface area contributed by atoms with Gasteiger partial charge in [0.05, 0.1) is 11.6 Å². The third-order valence-corrected chi connectivity index (χ3v) is 7.85. The van der Waals surface area contributed by atoms with Crippen LogP contribution in [0.5, 0.6) is 5.75 Å². The molecule has 1 saturated carbocycles. The highest BCUT2D eigenvalue weighted by Crippen LogP contribution is 2.59. The summed E-state index contributed by atoms with van der Waals surface area (Å²) in [4.78, 5) is 53.6. The van der Waals surface area contributed by atoms with E-state index in [0.29, 0.717) is 5.56 Å². The third-order valence-electron chi connectivity index (χ3n) is 7.85. The van der Waals surface area contributed by atoms with Crippen LogP contribution in [0.4, 0.5) is 0 Å². The van der Waals surface area contributed by atoms with E-state index in [1.807, 2.05) is 0 Å². The number of nitrogens with zero attached hydrogens (tertiary/aromatic N) is 1. The number of aliphatic hydroxyl groups excluding tert-OH is 2. The van der Waals surface area contributed by atoms with Crippen molar-refractivity contribution in [2.45, 2.75) is 30.9 Å². The van der Waals surface area contributed by atoms with Crippen molar-refractivity contribution in [3.63, 3.8) is 0 Å². The number of phenolic OH excluding ortho intramolecular Hbond substituents is 1. The lowest BCUT2D eigenvalue weighted by molar-refractivity contribution is -0.162. The summed E-state index contributed by atoms with van der Waals surface area (Å²) in [5.41, 5.74) is 1.79. The van der Waals surface area contributed by atoms with Gasteiger partial charge in [-0.2, -0.15) is 0 Å². The minimum atomic E-state index is -2.85. The number of Topliss-reactive ketones (excluding diaryl/α,β-unsaturated/α-hetero) is 2. The summed E-state index contributed by atoms with van der Waals surface area (Å²) in [7, 11) is 3.00. The number of likely N-dealkylation sites (N-methyl/N-ethyl adjacent to an activating group) is 1. The molecule has 0 heterocycles. The number of rotatable bonds is 5. The number of carbonyl (C=O) groups is 4. The van der Waals surface area contributed by atoms with Crippen molar-refractivity contribution < 1.29 is 39.6 Å². The van der Waals surface area contributed by atoms with Gasteiger partial charge in [-0.05, 0) is 43.6 Å². The zero-order valence-electron chi connectivity index (χ0n) is 20.1. The van der Waals surface area contributed by atoms with Crippen LogP contribution in [0.2, 0.25) is 0 Å². The highest BCUT2D eigenvalue weighted by molar-refractivity contribution is 6.24. The van der Waals surface area contributed by atoms with E-state index in [0.717, 1.165) is 6.08 Å². The van der Waals surface area contributed by atoms with Crippen LogP contribution >= 0.6 is 0 Å². The molecule has 1 fully saturated rings. The number of hydrogen-bond donors (Lipinski definition) is 5. The first kappa shape index (κ1) is 25.3. The molecule has 0 bridgehead atoms. The average molecular weight is 497 g/mol. The van der Waals surface area contributed by atoms with Gasteiger partial charge in [0.2, 0.25) is 5.78 Å². The Kier molecular flexibility index (Phi) is 5.93. The Morgan fingerprint density at radius 3 is 2.39 bits per heavy atom. The Bertz CT molecular complexity index is 1290. The first-order valence-corrected chi connectivity index (χ1v) is 11.4. The van der Waals surface area contributed by atoms with Gasteiger partial charge in [-0.15, -0.1) is 0 Å². The van der Waals surface area contributed by atoms with Gasteiger partial charge in [0.25, 0.3) is 5.91 Å². The molecule has 6 unspecified atom stereocenters. The Morgan fingerprint density at radius 1 is 1.19 bits per heavy atom. The number of benzene rings is 1. The lowest BCUT2D eigenvalue weighted by atomic mass is 9.50. The maximum absolute atomic E-state index is 14.0. The van der Waals surface area contributed by atoms with Crippen LogP contribution in [0.1, 0.15) is 30.4 Å². The van der Waals surface area contributed by atoms with Crippen molar-refractivity contribution in [1.29, 1.82) is 0 Å². The third kappa shape index (κ3) is 3.17. The molecule has 3 aliphatic rings. The summed E-state index contributed by atoms with van der Waals surface area (Å²) in [5, 5.41) is 44.7. The van der Waals surface area contributed by atoms with E-state index in [2.05, 4.69) is 6.58 Å². The predicted octanol–water partition coefficient (Wildman–Crippen LogP) is 0.896. The van der Waals surface area contributed by atoms with Crippen LogP contribution in [0.3, 0.4) is 0 Å². The van der Waals surface area contributed by atoms with Gasteiger partial charge in [0.15, 0.2) is 17.2 Å². The van der Waals surface area contributed by atoms with Crippen molar-refractivity contribution in [2.24, 2.45) is 23.5 Å². The summed E-state index contributed by atoms with van der Waals surface area (Å²) >= 11 is 0. The first-order chi connectivity index (χ1) is 16.8. The van der Waals surface area contributed by atoms with E-state index in [-0.39, 0.29) is 23.3 Å². The summed E-state index contributed by atoms with van der Waals surface area (Å²) in [6.07, 6.45) is 0.798. The summed E-state index contributed by atoms with van der Waals surface area (Å²) in [6.45, 7) is 5.24. The molecule has 0 radical (unpaired) electrons. The van der Waals surface area contributed by atoms with Crippen LogP contribution in [0, 0.1) is 17.8 Å². The maximum atomic E-state index is 14.0. The number of aliphatic hydroxyl groups is 3. The van der Waals surface area contributed by atoms with Gasteiger partial charge >= 0.3 is 0 Å². The van der Waals surface area contributed by atoms with E-state index in [9.17, 15) is 39.6 Å². The highest BCUT2D eigenvalue weighted by Gasteiger charge is 2.68. The highest BCUT2D eigenvalue weighted by atomic mass is 16.3. The second-order valence-electron chi connectivity index (χ2n) is 9.84. The molecule has 6 atom stereocenters. The fourth-order valence-electron chi connectivity index (χ4n) is 6.37. The van der Waals surface area contributed by atoms with Crippen LogP contribution in [-0.2, 0) is 19.2 Å². The SMILES string of the molecule is C=CC(=O)CC1C2C(=C(O)c3c(O)cccc3C2C)C(=O)C2(O)C(O)=C(C(N)=O)C(=O)C(N(C)C)C12. The second-order valence-corrected chi connectivity index (χ2v) is 9.84. The largest absolute Gasteiger partial charge is 0.508 e. The number of carbonyl (C=O) groups excluding carboxylic acids is 4. The monoisotopic (exact) mass is 496 g/mol. The Morgan fingerprint density at radius 2 is 1.83 bits per heavy atom. The topological polar surface area (TPSA) is 178 Å². The Labute approximate surface area is 207 Å². The number of amides is 1. The van der Waals surface area contributed by atoms with E-state index < -0.39 is 75.7 Å². The fraction of sp³-hybridized carbons (Fsp3) is 0.385. The zero-order chi connectivity index (χ0) is 26.9. The van der Waals surface area contributed by atoms with Crippen LogP contribution in [0.15, 0.2) is 47.8 Å². The van der Waals surface area contributed by atoms with Gasteiger partial charge in [-0.3, -0.25) is 24.1 Å². The Balaban J connectivity index is 2.12. The Hall–Kier alpha value is -3.76. The minimum Gasteiger partial charge on any atom is -0.508 e. The van der Waals surface area contributed by atoms with Crippen LogP contribution in [-0.4, -0.2) is 74.3 Å². The van der Waals surface area contributed by atoms with Gasteiger partial charge in [-0.1, -0.05) is 25.6 Å². The smallest absolute Gasteiger partial charge is 0.255 e. The molecule has 10 heteroatoms. The van der Waals surface area contributed by atoms with Gasteiger partial charge in [0, 0.05) is 23.8 Å². The molecule has 0 spiro atoms. The van der Waals surface area contributed by atoms with Gasteiger partial charge in [-0.25, -0.2) is 0 Å². The van der Waals surface area contributed by atoms with Crippen LogP contribution in [0.25, 0.3) is 5.76 Å². The second kappa shape index (κ2) is 8.42. The molecule has 0 saturated heterocycles. The standard InChI is InChI=1S/C26H28N2O8/c1-5-11(29)9-13-15-10(2)12-7-6-8-14(30)16(12)21(31)17(15)23(33)26(36)19(13)20(28(3)4)22(32)18(24(26)34)25(27)35/h5-8,10,13,15,19-20,30-31,34,36H,1,9H2,2-4H3,(H2,27,35). The van der Waals surface area contributed by atoms with E-state index in [1.165, 1.54) is 25.1 Å². The van der Waals surface area contributed by atoms with Crippen molar-refractivity contribution in [3.8, 4) is 5.75 Å². The maximum Gasteiger partial charge on any atom is 0.255 e. The van der Waals surface area contributed by atoms with Crippen molar-refractivity contribution in [2.75, 3.05) is 14.1 Å². The number of ketones is 3. The predicted molar refractivity (Wildman–Crippen MR) is 128 cm³/mol. The summed E-state index contributed by atoms with van der Waals surface area (Å²) < 4.78 is 0. The number of phenols is 1. The number of hydrogen-bond acceptors (Lipinski definition) is 9. The molecule has 1 aromatic carbocycles. The molecule has 0 aliphatic heterocycles. The molecule has 10 nitrogen and oxygen atoms in total. The van der Waals surface area contributed by atoms with Crippen molar-refractivity contribution in [1.82, 2.24) is 4.90 Å². The molecule has 1 amide bonds. The lowest BCUT2D eigenvalue weighted by Crippen LogP contribution is -2.69. The lowest BCUT2D eigenvalue weighted by Gasteiger charge is -2.55. The molecule has 0 aromatic heterocycles. The molecule has 1 aromatic rings. The van der Waals surface area contributed by atoms with E-state index >= 15 is 0 Å². The summed E-state index contributed by atoms with van der Waals surface area (Å²) in [5.74, 6) is -9.67. The molecule has 4 rings (SSSR count). The molecular weight excluding hydrogens is 468 g/mol. The number of fused-ring (bicyclic) bond motifs is 3. The zero-order valence-corrected chi connectivity index (χ0v) is 20.1.